The van der Waals surface area contributed by atoms with E-state index in [1.165, 1.54) is 25.5 Å². The fraction of sp³-hybridized carbons (Fsp3) is 0.364. The molecule has 0 bridgehead atoms. The Balaban J connectivity index is 1.81. The van der Waals surface area contributed by atoms with Gasteiger partial charge in [0.1, 0.15) is 5.82 Å². The van der Waals surface area contributed by atoms with Crippen LogP contribution in [0.2, 0.25) is 0 Å². The zero-order valence-electron chi connectivity index (χ0n) is 15.6. The number of anilines is 1. The third kappa shape index (κ3) is 5.16. The average molecular weight is 368 g/mol. The molecule has 5 heteroatoms. The van der Waals surface area contributed by atoms with Gasteiger partial charge >= 0.3 is 0 Å². The largest absolute Gasteiger partial charge is 0.331 e. The molecule has 27 heavy (non-hydrogen) atoms. The summed E-state index contributed by atoms with van der Waals surface area (Å²) in [6.07, 6.45) is 5.45. The van der Waals surface area contributed by atoms with Gasteiger partial charge in [-0.25, -0.2) is 4.39 Å². The predicted molar refractivity (Wildman–Crippen MR) is 104 cm³/mol. The van der Waals surface area contributed by atoms with Gasteiger partial charge in [-0.1, -0.05) is 31.4 Å². The SMILES string of the molecule is CC(=O)Nc1ccc(C(=O)N(Cc2ccc(F)cc2)C2CCCCC2)cc1. The van der Waals surface area contributed by atoms with E-state index in [-0.39, 0.29) is 23.7 Å². The molecule has 1 saturated carbocycles. The van der Waals surface area contributed by atoms with Crippen LogP contribution in [-0.2, 0) is 11.3 Å². The van der Waals surface area contributed by atoms with Gasteiger partial charge < -0.3 is 10.2 Å². The summed E-state index contributed by atoms with van der Waals surface area (Å²) < 4.78 is 13.2. The lowest BCUT2D eigenvalue weighted by Crippen LogP contribution is -2.41. The second-order valence-electron chi connectivity index (χ2n) is 7.11. The van der Waals surface area contributed by atoms with Gasteiger partial charge in [0.15, 0.2) is 0 Å². The average Bonchev–Trinajstić information content (AvgIpc) is 2.68. The van der Waals surface area contributed by atoms with E-state index in [1.807, 2.05) is 4.90 Å². The van der Waals surface area contributed by atoms with Crippen LogP contribution in [0.3, 0.4) is 0 Å². The van der Waals surface area contributed by atoms with Crippen molar-refractivity contribution >= 4 is 17.5 Å². The summed E-state index contributed by atoms with van der Waals surface area (Å²) in [4.78, 5) is 26.3. The van der Waals surface area contributed by atoms with Crippen molar-refractivity contribution in [1.29, 1.82) is 0 Å². The summed E-state index contributed by atoms with van der Waals surface area (Å²) in [5.41, 5.74) is 2.18. The van der Waals surface area contributed by atoms with Gasteiger partial charge in [-0.3, -0.25) is 9.59 Å². The lowest BCUT2D eigenvalue weighted by Gasteiger charge is -2.34. The van der Waals surface area contributed by atoms with Gasteiger partial charge in [-0.15, -0.1) is 0 Å². The van der Waals surface area contributed by atoms with Crippen LogP contribution in [0.4, 0.5) is 10.1 Å². The van der Waals surface area contributed by atoms with Crippen LogP contribution in [0.15, 0.2) is 48.5 Å². The lowest BCUT2D eigenvalue weighted by molar-refractivity contribution is -0.114. The van der Waals surface area contributed by atoms with Crippen molar-refractivity contribution < 1.29 is 14.0 Å². The second kappa shape index (κ2) is 8.80. The van der Waals surface area contributed by atoms with Gasteiger partial charge in [-0.2, -0.15) is 0 Å². The first-order valence-corrected chi connectivity index (χ1v) is 9.46. The lowest BCUT2D eigenvalue weighted by atomic mass is 9.93. The van der Waals surface area contributed by atoms with Crippen molar-refractivity contribution in [2.24, 2.45) is 0 Å². The zero-order chi connectivity index (χ0) is 19.2. The van der Waals surface area contributed by atoms with Crippen LogP contribution in [0, 0.1) is 5.82 Å². The summed E-state index contributed by atoms with van der Waals surface area (Å²) in [6.45, 7) is 1.92. The molecule has 0 saturated heterocycles. The van der Waals surface area contributed by atoms with Crippen molar-refractivity contribution in [2.45, 2.75) is 51.6 Å². The maximum atomic E-state index is 13.2. The third-order valence-electron chi connectivity index (χ3n) is 4.99. The van der Waals surface area contributed by atoms with Crippen LogP contribution >= 0.6 is 0 Å². The molecule has 2 aromatic rings. The Morgan fingerprint density at radius 1 is 1.00 bits per heavy atom. The Labute approximate surface area is 159 Å². The van der Waals surface area contributed by atoms with Crippen LogP contribution < -0.4 is 5.32 Å². The van der Waals surface area contributed by atoms with E-state index in [1.54, 1.807) is 36.4 Å². The molecule has 0 atom stereocenters. The number of nitrogens with one attached hydrogen (secondary N) is 1. The van der Waals surface area contributed by atoms with Crippen molar-refractivity contribution in [3.8, 4) is 0 Å². The number of halogens is 1. The molecule has 0 radical (unpaired) electrons. The molecule has 142 valence electrons. The molecule has 2 aromatic carbocycles. The van der Waals surface area contributed by atoms with Gasteiger partial charge in [-0.05, 0) is 54.8 Å². The first kappa shape index (κ1) is 19.1. The first-order valence-electron chi connectivity index (χ1n) is 9.46. The molecule has 0 unspecified atom stereocenters. The Morgan fingerprint density at radius 3 is 2.22 bits per heavy atom. The van der Waals surface area contributed by atoms with Gasteiger partial charge in [0.05, 0.1) is 0 Å². The fourth-order valence-electron chi connectivity index (χ4n) is 3.61. The summed E-state index contributed by atoms with van der Waals surface area (Å²) in [5.74, 6) is -0.447. The number of amides is 2. The standard InChI is InChI=1S/C22H25FN2O2/c1-16(26)24-20-13-9-18(10-14-20)22(27)25(21-5-3-2-4-6-21)15-17-7-11-19(23)12-8-17/h7-14,21H,2-6,15H2,1H3,(H,24,26). The molecule has 0 heterocycles. The van der Waals surface area contributed by atoms with Crippen molar-refractivity contribution in [1.82, 2.24) is 4.90 Å². The molecular formula is C22H25FN2O2. The fourth-order valence-corrected chi connectivity index (χ4v) is 3.61. The van der Waals surface area contributed by atoms with Crippen molar-refractivity contribution in [2.75, 3.05) is 5.32 Å². The molecule has 0 aromatic heterocycles. The number of carbonyl (C=O) groups excluding carboxylic acids is 2. The highest BCUT2D eigenvalue weighted by atomic mass is 19.1. The van der Waals surface area contributed by atoms with E-state index in [4.69, 9.17) is 0 Å². The van der Waals surface area contributed by atoms with E-state index in [0.717, 1.165) is 31.2 Å². The van der Waals surface area contributed by atoms with Gasteiger partial charge in [0.25, 0.3) is 5.91 Å². The Morgan fingerprint density at radius 2 is 1.63 bits per heavy atom. The summed E-state index contributed by atoms with van der Waals surface area (Å²) in [6, 6.07) is 13.5. The Hall–Kier alpha value is -2.69. The molecule has 0 spiro atoms. The first-order chi connectivity index (χ1) is 13.0. The van der Waals surface area contributed by atoms with Crippen LogP contribution in [0.25, 0.3) is 0 Å². The Kier molecular flexibility index (Phi) is 6.22. The van der Waals surface area contributed by atoms with Crippen molar-refractivity contribution in [3.63, 3.8) is 0 Å². The number of nitrogens with zero attached hydrogens (tertiary/aromatic N) is 1. The summed E-state index contributed by atoms with van der Waals surface area (Å²) >= 11 is 0. The highest BCUT2D eigenvalue weighted by molar-refractivity contribution is 5.95. The number of carbonyl (C=O) groups is 2. The summed E-state index contributed by atoms with van der Waals surface area (Å²) in [7, 11) is 0. The number of hydrogen-bond donors (Lipinski definition) is 1. The minimum absolute atomic E-state index is 0.0272. The number of rotatable bonds is 5. The maximum absolute atomic E-state index is 13.2. The normalized spacial score (nSPS) is 14.6. The molecule has 3 rings (SSSR count). The maximum Gasteiger partial charge on any atom is 0.254 e. The molecule has 1 fully saturated rings. The van der Waals surface area contributed by atoms with Crippen molar-refractivity contribution in [3.05, 3.63) is 65.5 Å². The topological polar surface area (TPSA) is 49.4 Å². The zero-order valence-corrected chi connectivity index (χ0v) is 15.6. The molecular weight excluding hydrogens is 343 g/mol. The summed E-state index contributed by atoms with van der Waals surface area (Å²) in [5, 5.41) is 2.71. The van der Waals surface area contributed by atoms with Crippen LogP contribution in [-0.4, -0.2) is 22.8 Å². The molecule has 1 aliphatic carbocycles. The van der Waals surface area contributed by atoms with Crippen LogP contribution in [0.1, 0.15) is 54.9 Å². The monoisotopic (exact) mass is 368 g/mol. The third-order valence-corrected chi connectivity index (χ3v) is 4.99. The Bertz CT molecular complexity index is 781. The van der Waals surface area contributed by atoms with Gasteiger partial charge in [0, 0.05) is 30.8 Å². The number of benzene rings is 2. The molecule has 2 amide bonds. The van der Waals surface area contributed by atoms with Gasteiger partial charge in [0.2, 0.25) is 5.91 Å². The molecule has 0 aliphatic heterocycles. The van der Waals surface area contributed by atoms with E-state index < -0.39 is 0 Å². The smallest absolute Gasteiger partial charge is 0.254 e. The minimum atomic E-state index is -0.275. The minimum Gasteiger partial charge on any atom is -0.331 e. The van der Waals surface area contributed by atoms with E-state index in [2.05, 4.69) is 5.32 Å². The quantitative estimate of drug-likeness (QED) is 0.827. The highest BCUT2D eigenvalue weighted by Crippen LogP contribution is 2.26. The van der Waals surface area contributed by atoms with E-state index >= 15 is 0 Å². The van der Waals surface area contributed by atoms with E-state index in [9.17, 15) is 14.0 Å². The number of hydrogen-bond acceptors (Lipinski definition) is 2. The molecule has 1 aliphatic rings. The molecule has 4 nitrogen and oxygen atoms in total. The van der Waals surface area contributed by atoms with Crippen LogP contribution in [0.5, 0.6) is 0 Å². The predicted octanol–water partition coefficient (Wildman–Crippen LogP) is 4.76. The highest BCUT2D eigenvalue weighted by Gasteiger charge is 2.26. The second-order valence-corrected chi connectivity index (χ2v) is 7.11. The molecule has 1 N–H and O–H groups in total. The van der Waals surface area contributed by atoms with E-state index in [0.29, 0.717) is 17.8 Å².